The minimum absolute atomic E-state index is 0.0333. The molecule has 0 atom stereocenters. The molecule has 0 bridgehead atoms. The van der Waals surface area contributed by atoms with Crippen LogP contribution in [0.4, 0.5) is 0 Å². The topological polar surface area (TPSA) is 78.0 Å². The summed E-state index contributed by atoms with van der Waals surface area (Å²) in [6.07, 6.45) is 0.813. The number of nitrogens with zero attached hydrogens (tertiary/aromatic N) is 1. The van der Waals surface area contributed by atoms with Crippen molar-refractivity contribution in [2.45, 2.75) is 26.5 Å². The second-order valence-electron chi connectivity index (χ2n) is 4.24. The Labute approximate surface area is 111 Å². The number of rotatable bonds is 5. The second-order valence-corrected chi connectivity index (χ2v) is 4.24. The molecule has 5 nitrogen and oxygen atoms in total. The van der Waals surface area contributed by atoms with Gasteiger partial charge in [-0.15, -0.1) is 0 Å². The number of aryl methyl sites for hydroxylation is 1. The highest BCUT2D eigenvalue weighted by atomic mass is 16.3. The van der Waals surface area contributed by atoms with E-state index in [-0.39, 0.29) is 12.5 Å². The first-order valence-electron chi connectivity index (χ1n) is 6.24. The molecule has 0 radical (unpaired) electrons. The fourth-order valence-corrected chi connectivity index (χ4v) is 1.81. The van der Waals surface area contributed by atoms with Gasteiger partial charge in [0.25, 0.3) is 5.91 Å². The third kappa shape index (κ3) is 3.20. The number of amides is 1. The zero-order chi connectivity index (χ0) is 13.7. The molecule has 0 aliphatic carbocycles. The highest BCUT2D eigenvalue weighted by Gasteiger charge is 2.10. The Morgan fingerprint density at radius 3 is 2.74 bits per heavy atom. The molecule has 1 aromatic carbocycles. The second kappa shape index (κ2) is 6.15. The molecule has 1 aromatic heterocycles. The van der Waals surface area contributed by atoms with Gasteiger partial charge in [-0.05, 0) is 23.6 Å². The van der Waals surface area contributed by atoms with Crippen molar-refractivity contribution in [3.63, 3.8) is 0 Å². The van der Waals surface area contributed by atoms with Crippen LogP contribution in [0.1, 0.15) is 34.2 Å². The Bertz CT molecular complexity index is 563. The lowest BCUT2D eigenvalue weighted by Gasteiger charge is -2.07. The van der Waals surface area contributed by atoms with Gasteiger partial charge in [0.2, 0.25) is 0 Å². The van der Waals surface area contributed by atoms with E-state index in [0.29, 0.717) is 12.2 Å². The van der Waals surface area contributed by atoms with Crippen LogP contribution >= 0.6 is 0 Å². The minimum atomic E-state index is -0.219. The van der Waals surface area contributed by atoms with Gasteiger partial charge in [0, 0.05) is 12.2 Å². The molecule has 0 saturated carbocycles. The van der Waals surface area contributed by atoms with E-state index < -0.39 is 0 Å². The van der Waals surface area contributed by atoms with Crippen molar-refractivity contribution in [1.82, 2.24) is 15.5 Å². The Hall–Kier alpha value is -2.14. The highest BCUT2D eigenvalue weighted by Crippen LogP contribution is 2.08. The van der Waals surface area contributed by atoms with Crippen molar-refractivity contribution in [2.24, 2.45) is 0 Å². The first-order valence-corrected chi connectivity index (χ1v) is 6.24. The number of aromatic amines is 1. The van der Waals surface area contributed by atoms with Crippen LogP contribution in [0, 0.1) is 0 Å². The van der Waals surface area contributed by atoms with Crippen LogP contribution in [-0.2, 0) is 19.6 Å². The molecule has 5 heteroatoms. The van der Waals surface area contributed by atoms with E-state index in [4.69, 9.17) is 0 Å². The van der Waals surface area contributed by atoms with E-state index in [0.717, 1.165) is 23.2 Å². The van der Waals surface area contributed by atoms with Crippen molar-refractivity contribution in [3.05, 3.63) is 52.8 Å². The summed E-state index contributed by atoms with van der Waals surface area (Å²) in [6.45, 7) is 2.34. The van der Waals surface area contributed by atoms with Crippen molar-refractivity contribution in [1.29, 1.82) is 0 Å². The van der Waals surface area contributed by atoms with E-state index in [1.807, 2.05) is 31.2 Å². The number of H-pyrrole nitrogens is 1. The van der Waals surface area contributed by atoms with Gasteiger partial charge in [0.1, 0.15) is 5.69 Å². The number of hydrogen-bond acceptors (Lipinski definition) is 3. The molecule has 0 aliphatic heterocycles. The summed E-state index contributed by atoms with van der Waals surface area (Å²) in [5.74, 6) is -0.219. The van der Waals surface area contributed by atoms with Crippen LogP contribution in [0.25, 0.3) is 0 Å². The fourth-order valence-electron chi connectivity index (χ4n) is 1.81. The van der Waals surface area contributed by atoms with Crippen LogP contribution in [0.2, 0.25) is 0 Å². The number of aliphatic hydroxyl groups is 1. The van der Waals surface area contributed by atoms with Crippen molar-refractivity contribution in [3.8, 4) is 0 Å². The third-order valence-electron chi connectivity index (χ3n) is 2.97. The molecule has 2 rings (SSSR count). The van der Waals surface area contributed by atoms with Crippen LogP contribution in [0.5, 0.6) is 0 Å². The number of aromatic nitrogens is 2. The molecular weight excluding hydrogens is 242 g/mol. The molecule has 3 N–H and O–H groups in total. The summed E-state index contributed by atoms with van der Waals surface area (Å²) >= 11 is 0. The molecule has 0 aliphatic rings. The maximum atomic E-state index is 11.9. The summed E-state index contributed by atoms with van der Waals surface area (Å²) in [5, 5.41) is 18.8. The molecule has 0 spiro atoms. The SMILES string of the molecule is CCc1cc(C(=O)NCc2ccccc2CO)n[nH]1. The number of nitrogens with one attached hydrogen (secondary N) is 2. The van der Waals surface area contributed by atoms with Crippen molar-refractivity contribution in [2.75, 3.05) is 0 Å². The molecule has 1 amide bonds. The normalized spacial score (nSPS) is 10.4. The number of benzene rings is 1. The van der Waals surface area contributed by atoms with Gasteiger partial charge in [-0.2, -0.15) is 5.10 Å². The summed E-state index contributed by atoms with van der Waals surface area (Å²) in [4.78, 5) is 11.9. The lowest BCUT2D eigenvalue weighted by molar-refractivity contribution is 0.0945. The summed E-state index contributed by atoms with van der Waals surface area (Å²) in [7, 11) is 0. The van der Waals surface area contributed by atoms with Gasteiger partial charge < -0.3 is 10.4 Å². The Morgan fingerprint density at radius 1 is 1.37 bits per heavy atom. The molecule has 1 heterocycles. The molecule has 2 aromatic rings. The molecule has 0 saturated heterocycles. The lowest BCUT2D eigenvalue weighted by Crippen LogP contribution is -2.23. The zero-order valence-corrected chi connectivity index (χ0v) is 10.8. The Morgan fingerprint density at radius 2 is 2.11 bits per heavy atom. The Kier molecular flexibility index (Phi) is 4.30. The van der Waals surface area contributed by atoms with Gasteiger partial charge in [-0.1, -0.05) is 31.2 Å². The molecular formula is C14H17N3O2. The van der Waals surface area contributed by atoms with Gasteiger partial charge in [-0.25, -0.2) is 0 Å². The molecule has 0 fully saturated rings. The molecule has 19 heavy (non-hydrogen) atoms. The van der Waals surface area contributed by atoms with Gasteiger partial charge in [0.05, 0.1) is 6.61 Å². The number of carbonyl (C=O) groups is 1. The average Bonchev–Trinajstić information content (AvgIpc) is 2.94. The minimum Gasteiger partial charge on any atom is -0.392 e. The Balaban J connectivity index is 2.00. The van der Waals surface area contributed by atoms with E-state index in [1.54, 1.807) is 6.07 Å². The maximum Gasteiger partial charge on any atom is 0.272 e. The van der Waals surface area contributed by atoms with Crippen LogP contribution in [-0.4, -0.2) is 21.2 Å². The van der Waals surface area contributed by atoms with Crippen LogP contribution < -0.4 is 5.32 Å². The first kappa shape index (κ1) is 13.3. The first-order chi connectivity index (χ1) is 9.24. The number of aliphatic hydroxyl groups excluding tert-OH is 1. The summed E-state index contributed by atoms with van der Waals surface area (Å²) < 4.78 is 0. The maximum absolute atomic E-state index is 11.9. The van der Waals surface area contributed by atoms with Gasteiger partial charge >= 0.3 is 0 Å². The van der Waals surface area contributed by atoms with Gasteiger partial charge in [0.15, 0.2) is 0 Å². The van der Waals surface area contributed by atoms with E-state index in [2.05, 4.69) is 15.5 Å². The number of hydrogen-bond donors (Lipinski definition) is 3. The molecule has 0 unspecified atom stereocenters. The van der Waals surface area contributed by atoms with Crippen molar-refractivity contribution < 1.29 is 9.90 Å². The van der Waals surface area contributed by atoms with E-state index in [1.165, 1.54) is 0 Å². The zero-order valence-electron chi connectivity index (χ0n) is 10.8. The standard InChI is InChI=1S/C14H17N3O2/c1-2-12-7-13(17-16-12)14(19)15-8-10-5-3-4-6-11(10)9-18/h3-7,18H,2,8-9H2,1H3,(H,15,19)(H,16,17). The van der Waals surface area contributed by atoms with Crippen molar-refractivity contribution >= 4 is 5.91 Å². The summed E-state index contributed by atoms with van der Waals surface area (Å²) in [6, 6.07) is 9.20. The monoisotopic (exact) mass is 259 g/mol. The lowest BCUT2D eigenvalue weighted by atomic mass is 10.1. The largest absolute Gasteiger partial charge is 0.392 e. The van der Waals surface area contributed by atoms with E-state index >= 15 is 0 Å². The van der Waals surface area contributed by atoms with Crippen LogP contribution in [0.15, 0.2) is 30.3 Å². The van der Waals surface area contributed by atoms with Gasteiger partial charge in [-0.3, -0.25) is 9.89 Å². The predicted molar refractivity (Wildman–Crippen MR) is 71.5 cm³/mol. The fraction of sp³-hybridized carbons (Fsp3) is 0.286. The van der Waals surface area contributed by atoms with Crippen LogP contribution in [0.3, 0.4) is 0 Å². The number of carbonyl (C=O) groups excluding carboxylic acids is 1. The third-order valence-corrected chi connectivity index (χ3v) is 2.97. The quantitative estimate of drug-likeness (QED) is 0.759. The highest BCUT2D eigenvalue weighted by molar-refractivity contribution is 5.92. The predicted octanol–water partition coefficient (Wildman–Crippen LogP) is 1.39. The average molecular weight is 259 g/mol. The van der Waals surface area contributed by atoms with E-state index in [9.17, 15) is 9.90 Å². The molecule has 100 valence electrons. The smallest absolute Gasteiger partial charge is 0.272 e. The summed E-state index contributed by atoms with van der Waals surface area (Å²) in [5.41, 5.74) is 3.04.